The molecule has 2 fully saturated rings. The summed E-state index contributed by atoms with van der Waals surface area (Å²) < 4.78 is 0. The predicted octanol–water partition coefficient (Wildman–Crippen LogP) is 3.00. The Labute approximate surface area is 111 Å². The van der Waals surface area contributed by atoms with E-state index in [0.717, 1.165) is 51.2 Å². The summed E-state index contributed by atoms with van der Waals surface area (Å²) in [6.07, 6.45) is 6.43. The van der Waals surface area contributed by atoms with Gasteiger partial charge in [-0.25, -0.2) is 0 Å². The molecule has 0 amide bonds. The maximum atomic E-state index is 11.7. The van der Waals surface area contributed by atoms with E-state index in [2.05, 4.69) is 18.7 Å². The summed E-state index contributed by atoms with van der Waals surface area (Å²) in [6, 6.07) is 0. The number of hydrogen-bond acceptors (Lipinski definition) is 2. The van der Waals surface area contributed by atoms with Crippen LogP contribution in [-0.2, 0) is 4.79 Å². The molecule has 1 N–H and O–H groups in total. The Morgan fingerprint density at radius 1 is 1.22 bits per heavy atom. The van der Waals surface area contributed by atoms with Crippen molar-refractivity contribution in [2.45, 2.75) is 52.4 Å². The van der Waals surface area contributed by atoms with Gasteiger partial charge in [0.25, 0.3) is 0 Å². The van der Waals surface area contributed by atoms with Crippen LogP contribution in [0.2, 0.25) is 0 Å². The molecule has 0 bridgehead atoms. The summed E-state index contributed by atoms with van der Waals surface area (Å²) in [7, 11) is 0. The number of nitrogens with zero attached hydrogens (tertiary/aromatic N) is 1. The number of carbonyl (C=O) groups is 1. The zero-order valence-corrected chi connectivity index (χ0v) is 11.8. The molecule has 0 aromatic carbocycles. The Morgan fingerprint density at radius 3 is 2.44 bits per heavy atom. The fourth-order valence-electron chi connectivity index (χ4n) is 3.61. The van der Waals surface area contributed by atoms with E-state index < -0.39 is 11.4 Å². The maximum absolute atomic E-state index is 11.7. The third-order valence-electron chi connectivity index (χ3n) is 4.95. The van der Waals surface area contributed by atoms with Crippen molar-refractivity contribution >= 4 is 5.97 Å². The molecule has 1 unspecified atom stereocenters. The number of piperidine rings is 1. The second kappa shape index (κ2) is 5.60. The minimum absolute atomic E-state index is 0.455. The standard InChI is InChI=1S/C15H27NO2/c1-12-5-7-15(8-6-12,14(17)18)11-16-9-3-4-13(2)10-16/h12-13H,3-11H2,1-2H3,(H,17,18). The lowest BCUT2D eigenvalue weighted by atomic mass is 9.70. The third-order valence-corrected chi connectivity index (χ3v) is 4.95. The highest BCUT2D eigenvalue weighted by molar-refractivity contribution is 5.75. The zero-order chi connectivity index (χ0) is 13.2. The number of aliphatic carboxylic acids is 1. The van der Waals surface area contributed by atoms with Gasteiger partial charge in [-0.3, -0.25) is 4.79 Å². The third kappa shape index (κ3) is 3.05. The molecule has 1 aliphatic carbocycles. The molecule has 104 valence electrons. The summed E-state index contributed by atoms with van der Waals surface area (Å²) >= 11 is 0. The van der Waals surface area contributed by atoms with Crippen LogP contribution >= 0.6 is 0 Å². The summed E-state index contributed by atoms with van der Waals surface area (Å²) in [6.45, 7) is 7.48. The first kappa shape index (κ1) is 13.9. The van der Waals surface area contributed by atoms with Gasteiger partial charge in [-0.05, 0) is 56.9 Å². The lowest BCUT2D eigenvalue weighted by Crippen LogP contribution is -2.48. The van der Waals surface area contributed by atoms with Gasteiger partial charge in [-0.1, -0.05) is 13.8 Å². The van der Waals surface area contributed by atoms with Gasteiger partial charge in [-0.15, -0.1) is 0 Å². The van der Waals surface area contributed by atoms with Crippen molar-refractivity contribution < 1.29 is 9.90 Å². The lowest BCUT2D eigenvalue weighted by molar-refractivity contribution is -0.153. The van der Waals surface area contributed by atoms with Crippen LogP contribution in [0.25, 0.3) is 0 Å². The van der Waals surface area contributed by atoms with Crippen molar-refractivity contribution in [3.63, 3.8) is 0 Å². The summed E-state index contributed by atoms with van der Waals surface area (Å²) in [5.74, 6) is 0.873. The van der Waals surface area contributed by atoms with Crippen molar-refractivity contribution in [2.75, 3.05) is 19.6 Å². The van der Waals surface area contributed by atoms with Crippen LogP contribution in [0.3, 0.4) is 0 Å². The van der Waals surface area contributed by atoms with Crippen LogP contribution in [0, 0.1) is 17.3 Å². The van der Waals surface area contributed by atoms with Crippen LogP contribution < -0.4 is 0 Å². The van der Waals surface area contributed by atoms with Gasteiger partial charge < -0.3 is 10.0 Å². The van der Waals surface area contributed by atoms with Gasteiger partial charge in [0.05, 0.1) is 5.41 Å². The molecule has 2 rings (SSSR count). The fraction of sp³-hybridized carbons (Fsp3) is 0.933. The summed E-state index contributed by atoms with van der Waals surface area (Å²) in [5, 5.41) is 9.64. The highest BCUT2D eigenvalue weighted by Gasteiger charge is 2.42. The van der Waals surface area contributed by atoms with Crippen molar-refractivity contribution in [2.24, 2.45) is 17.3 Å². The second-order valence-electron chi connectivity index (χ2n) is 6.75. The minimum Gasteiger partial charge on any atom is -0.481 e. The van der Waals surface area contributed by atoms with Crippen molar-refractivity contribution in [1.29, 1.82) is 0 Å². The molecule has 0 spiro atoms. The summed E-state index contributed by atoms with van der Waals surface area (Å²) in [4.78, 5) is 14.1. The average molecular weight is 253 g/mol. The van der Waals surface area contributed by atoms with Crippen molar-refractivity contribution in [3.05, 3.63) is 0 Å². The fourth-order valence-corrected chi connectivity index (χ4v) is 3.61. The number of hydrogen-bond donors (Lipinski definition) is 1. The van der Waals surface area contributed by atoms with E-state index in [1.165, 1.54) is 12.8 Å². The number of rotatable bonds is 3. The first-order valence-electron chi connectivity index (χ1n) is 7.47. The Bertz CT molecular complexity index is 295. The van der Waals surface area contributed by atoms with Crippen LogP contribution in [0.5, 0.6) is 0 Å². The van der Waals surface area contributed by atoms with E-state index in [-0.39, 0.29) is 0 Å². The quantitative estimate of drug-likeness (QED) is 0.840. The van der Waals surface area contributed by atoms with Gasteiger partial charge in [0, 0.05) is 13.1 Å². The summed E-state index contributed by atoms with van der Waals surface area (Å²) in [5.41, 5.74) is -0.455. The number of carboxylic acids is 1. The molecule has 1 saturated carbocycles. The Morgan fingerprint density at radius 2 is 1.89 bits per heavy atom. The van der Waals surface area contributed by atoms with Gasteiger partial charge in [0.1, 0.15) is 0 Å². The predicted molar refractivity (Wildman–Crippen MR) is 72.5 cm³/mol. The van der Waals surface area contributed by atoms with E-state index in [4.69, 9.17) is 0 Å². The second-order valence-corrected chi connectivity index (χ2v) is 6.75. The van der Waals surface area contributed by atoms with E-state index in [1.54, 1.807) is 0 Å². The molecule has 18 heavy (non-hydrogen) atoms. The average Bonchev–Trinajstić information content (AvgIpc) is 2.32. The van der Waals surface area contributed by atoms with E-state index in [1.807, 2.05) is 0 Å². The minimum atomic E-state index is -0.562. The first-order valence-corrected chi connectivity index (χ1v) is 7.47. The molecule has 0 aromatic rings. The molecule has 1 heterocycles. The molecule has 0 aromatic heterocycles. The van der Waals surface area contributed by atoms with Gasteiger partial charge >= 0.3 is 5.97 Å². The normalized spacial score (nSPS) is 38.6. The number of carboxylic acid groups (broad SMARTS) is 1. The van der Waals surface area contributed by atoms with Crippen LogP contribution in [0.4, 0.5) is 0 Å². The zero-order valence-electron chi connectivity index (χ0n) is 11.8. The van der Waals surface area contributed by atoms with Crippen LogP contribution in [0.1, 0.15) is 52.4 Å². The molecular formula is C15H27NO2. The monoisotopic (exact) mass is 253 g/mol. The van der Waals surface area contributed by atoms with E-state index in [9.17, 15) is 9.90 Å². The van der Waals surface area contributed by atoms with Crippen molar-refractivity contribution in [3.8, 4) is 0 Å². The molecular weight excluding hydrogens is 226 g/mol. The van der Waals surface area contributed by atoms with E-state index >= 15 is 0 Å². The van der Waals surface area contributed by atoms with Gasteiger partial charge in [0.15, 0.2) is 0 Å². The SMILES string of the molecule is CC1CCC(CN2CCCC(C)C2)(C(=O)O)CC1. The van der Waals surface area contributed by atoms with Crippen LogP contribution in [-0.4, -0.2) is 35.6 Å². The Hall–Kier alpha value is -0.570. The smallest absolute Gasteiger partial charge is 0.310 e. The molecule has 1 aliphatic heterocycles. The Balaban J connectivity index is 2.00. The highest BCUT2D eigenvalue weighted by Crippen LogP contribution is 2.40. The maximum Gasteiger partial charge on any atom is 0.310 e. The molecule has 0 radical (unpaired) electrons. The highest BCUT2D eigenvalue weighted by atomic mass is 16.4. The molecule has 2 aliphatic rings. The van der Waals surface area contributed by atoms with Gasteiger partial charge in [0.2, 0.25) is 0 Å². The largest absolute Gasteiger partial charge is 0.481 e. The molecule has 1 saturated heterocycles. The first-order chi connectivity index (χ1) is 8.52. The Kier molecular flexibility index (Phi) is 4.31. The molecule has 3 heteroatoms. The lowest BCUT2D eigenvalue weighted by Gasteiger charge is -2.41. The molecule has 3 nitrogen and oxygen atoms in total. The van der Waals surface area contributed by atoms with E-state index in [0.29, 0.717) is 5.92 Å². The van der Waals surface area contributed by atoms with Gasteiger partial charge in [-0.2, -0.15) is 0 Å². The topological polar surface area (TPSA) is 40.5 Å². The van der Waals surface area contributed by atoms with Crippen LogP contribution in [0.15, 0.2) is 0 Å². The molecule has 1 atom stereocenters. The number of likely N-dealkylation sites (tertiary alicyclic amines) is 1. The van der Waals surface area contributed by atoms with Crippen molar-refractivity contribution in [1.82, 2.24) is 4.90 Å².